The molecule has 0 saturated heterocycles. The molecule has 0 aliphatic heterocycles. The molecule has 1 aliphatic carbocycles. The Morgan fingerprint density at radius 2 is 1.83 bits per heavy atom. The van der Waals surface area contributed by atoms with Crippen molar-refractivity contribution in [3.63, 3.8) is 0 Å². The van der Waals surface area contributed by atoms with Gasteiger partial charge in [0.05, 0.1) is 6.10 Å². The molecule has 0 heterocycles. The lowest BCUT2D eigenvalue weighted by Gasteiger charge is -2.21. The van der Waals surface area contributed by atoms with Crippen LogP contribution in [0, 0.1) is 5.92 Å². The molecule has 1 nitrogen and oxygen atoms in total. The van der Waals surface area contributed by atoms with E-state index in [4.69, 9.17) is 0 Å². The van der Waals surface area contributed by atoms with Crippen molar-refractivity contribution < 1.29 is 5.11 Å². The van der Waals surface area contributed by atoms with Crippen molar-refractivity contribution in [3.8, 4) is 0 Å². The number of hydrogen-bond acceptors (Lipinski definition) is 2. The molecule has 1 aliphatic rings. The van der Waals surface area contributed by atoms with Gasteiger partial charge in [0, 0.05) is 4.90 Å². The van der Waals surface area contributed by atoms with E-state index in [2.05, 4.69) is 12.1 Å². The van der Waals surface area contributed by atoms with Gasteiger partial charge in [0.15, 0.2) is 0 Å². The van der Waals surface area contributed by atoms with Crippen molar-refractivity contribution in [2.24, 2.45) is 5.92 Å². The Bertz CT molecular complexity index is 339. The quantitative estimate of drug-likeness (QED) is 0.771. The first-order valence-corrected chi connectivity index (χ1v) is 8.15. The highest BCUT2D eigenvalue weighted by atomic mass is 32.2. The molecule has 1 N–H and O–H groups in total. The Labute approximate surface area is 115 Å². The molecule has 0 spiro atoms. The first kappa shape index (κ1) is 14.0. The van der Waals surface area contributed by atoms with Gasteiger partial charge in [-0.05, 0) is 42.7 Å². The minimum atomic E-state index is -0.355. The Balaban J connectivity index is 1.72. The zero-order chi connectivity index (χ0) is 12.8. The fourth-order valence-electron chi connectivity index (χ4n) is 2.66. The molecular weight excluding hydrogens is 240 g/mol. The molecule has 100 valence electrons. The van der Waals surface area contributed by atoms with Crippen LogP contribution < -0.4 is 0 Å². The summed E-state index contributed by atoms with van der Waals surface area (Å²) < 4.78 is 0. The fraction of sp³-hybridized carbons (Fsp3) is 0.625. The van der Waals surface area contributed by atoms with Crippen LogP contribution in [0.15, 0.2) is 29.2 Å². The van der Waals surface area contributed by atoms with E-state index >= 15 is 0 Å². The molecular formula is C16H24OS. The monoisotopic (exact) mass is 264 g/mol. The highest BCUT2D eigenvalue weighted by Crippen LogP contribution is 2.29. The molecule has 1 fully saturated rings. The summed E-state index contributed by atoms with van der Waals surface area (Å²) in [5.74, 6) is 2.21. The van der Waals surface area contributed by atoms with Gasteiger partial charge >= 0.3 is 0 Å². The Kier molecular flexibility index (Phi) is 5.58. The lowest BCUT2D eigenvalue weighted by atomic mass is 9.88. The van der Waals surface area contributed by atoms with E-state index in [9.17, 15) is 5.11 Å². The number of aliphatic hydroxyl groups is 1. The molecule has 0 radical (unpaired) electrons. The van der Waals surface area contributed by atoms with E-state index < -0.39 is 0 Å². The second-order valence-electron chi connectivity index (χ2n) is 5.39. The second-order valence-corrected chi connectivity index (χ2v) is 6.55. The third kappa shape index (κ3) is 4.33. The van der Waals surface area contributed by atoms with E-state index in [1.165, 1.54) is 49.2 Å². The third-order valence-electron chi connectivity index (χ3n) is 3.88. The highest BCUT2D eigenvalue weighted by molar-refractivity contribution is 7.99. The summed E-state index contributed by atoms with van der Waals surface area (Å²) in [5.41, 5.74) is 1.01. The van der Waals surface area contributed by atoms with Crippen LogP contribution in [0.5, 0.6) is 0 Å². The average Bonchev–Trinajstić information content (AvgIpc) is 2.40. The summed E-state index contributed by atoms with van der Waals surface area (Å²) in [6, 6.07) is 8.34. The number of rotatable bonds is 5. The van der Waals surface area contributed by atoms with Gasteiger partial charge in [-0.2, -0.15) is 0 Å². The molecule has 2 rings (SSSR count). The molecule has 0 bridgehead atoms. The second kappa shape index (κ2) is 7.20. The zero-order valence-corrected chi connectivity index (χ0v) is 12.1. The van der Waals surface area contributed by atoms with Crippen molar-refractivity contribution in [1.82, 2.24) is 0 Å². The predicted octanol–water partition coefficient (Wildman–Crippen LogP) is 4.80. The lowest BCUT2D eigenvalue weighted by molar-refractivity contribution is 0.199. The lowest BCUT2D eigenvalue weighted by Crippen LogP contribution is -2.06. The van der Waals surface area contributed by atoms with Crippen LogP contribution in [-0.4, -0.2) is 10.9 Å². The van der Waals surface area contributed by atoms with Gasteiger partial charge in [0.2, 0.25) is 0 Å². The van der Waals surface area contributed by atoms with Gasteiger partial charge in [-0.15, -0.1) is 11.8 Å². The Hall–Kier alpha value is -0.470. The zero-order valence-electron chi connectivity index (χ0n) is 11.3. The Morgan fingerprint density at radius 1 is 1.17 bits per heavy atom. The number of benzene rings is 1. The highest BCUT2D eigenvalue weighted by Gasteiger charge is 2.12. The summed E-state index contributed by atoms with van der Waals surface area (Å²) in [6.07, 6.45) is 8.24. The molecule has 1 unspecified atom stereocenters. The topological polar surface area (TPSA) is 20.2 Å². The van der Waals surface area contributed by atoms with Gasteiger partial charge in [-0.1, -0.05) is 44.2 Å². The van der Waals surface area contributed by atoms with E-state index in [1.54, 1.807) is 0 Å². The summed E-state index contributed by atoms with van der Waals surface area (Å²) in [5, 5.41) is 9.45. The minimum absolute atomic E-state index is 0.355. The average molecular weight is 264 g/mol. The molecule has 1 aromatic rings. The number of aliphatic hydroxyl groups excluding tert-OH is 1. The van der Waals surface area contributed by atoms with Crippen LogP contribution in [0.1, 0.15) is 57.1 Å². The van der Waals surface area contributed by atoms with Crippen LogP contribution in [0.2, 0.25) is 0 Å². The molecule has 0 aromatic heterocycles. The van der Waals surface area contributed by atoms with Crippen LogP contribution in [-0.2, 0) is 0 Å². The SMILES string of the molecule is CC(O)c1ccc(SCCC2CCCCC2)cc1. The van der Waals surface area contributed by atoms with Crippen LogP contribution in [0.3, 0.4) is 0 Å². The number of hydrogen-bond donors (Lipinski definition) is 1. The normalized spacial score (nSPS) is 18.8. The first-order valence-electron chi connectivity index (χ1n) is 7.16. The van der Waals surface area contributed by atoms with Crippen molar-refractivity contribution in [1.29, 1.82) is 0 Å². The van der Waals surface area contributed by atoms with Gasteiger partial charge < -0.3 is 5.11 Å². The van der Waals surface area contributed by atoms with Crippen molar-refractivity contribution in [2.45, 2.75) is 56.4 Å². The van der Waals surface area contributed by atoms with Crippen molar-refractivity contribution in [3.05, 3.63) is 29.8 Å². The summed E-state index contributed by atoms with van der Waals surface area (Å²) >= 11 is 1.95. The standard InChI is InChI=1S/C16H24OS/c1-13(17)15-7-9-16(10-8-15)18-12-11-14-5-3-2-4-6-14/h7-10,13-14,17H,2-6,11-12H2,1H3. The Morgan fingerprint density at radius 3 is 2.44 bits per heavy atom. The van der Waals surface area contributed by atoms with Gasteiger partial charge in [-0.25, -0.2) is 0 Å². The van der Waals surface area contributed by atoms with E-state index in [1.807, 2.05) is 30.8 Å². The van der Waals surface area contributed by atoms with Crippen LogP contribution >= 0.6 is 11.8 Å². The van der Waals surface area contributed by atoms with Gasteiger partial charge in [0.25, 0.3) is 0 Å². The van der Waals surface area contributed by atoms with Gasteiger partial charge in [-0.3, -0.25) is 0 Å². The smallest absolute Gasteiger partial charge is 0.0761 e. The summed E-state index contributed by atoms with van der Waals surface area (Å²) in [7, 11) is 0. The minimum Gasteiger partial charge on any atom is -0.389 e. The molecule has 18 heavy (non-hydrogen) atoms. The maximum atomic E-state index is 9.45. The molecule has 0 amide bonds. The fourth-order valence-corrected chi connectivity index (χ4v) is 3.68. The summed E-state index contributed by atoms with van der Waals surface area (Å²) in [4.78, 5) is 1.33. The maximum absolute atomic E-state index is 9.45. The molecule has 1 atom stereocenters. The van der Waals surface area contributed by atoms with E-state index in [-0.39, 0.29) is 6.10 Å². The van der Waals surface area contributed by atoms with E-state index in [0.29, 0.717) is 0 Å². The third-order valence-corrected chi connectivity index (χ3v) is 4.93. The molecule has 1 saturated carbocycles. The molecule has 2 heteroatoms. The predicted molar refractivity (Wildman–Crippen MR) is 79.0 cm³/mol. The largest absolute Gasteiger partial charge is 0.389 e. The first-order chi connectivity index (χ1) is 8.75. The summed E-state index contributed by atoms with van der Waals surface area (Å²) in [6.45, 7) is 1.81. The van der Waals surface area contributed by atoms with Crippen LogP contribution in [0.25, 0.3) is 0 Å². The number of thioether (sulfide) groups is 1. The van der Waals surface area contributed by atoms with Gasteiger partial charge in [0.1, 0.15) is 0 Å². The van der Waals surface area contributed by atoms with E-state index in [0.717, 1.165) is 11.5 Å². The van der Waals surface area contributed by atoms with Crippen molar-refractivity contribution in [2.75, 3.05) is 5.75 Å². The molecule has 1 aromatic carbocycles. The maximum Gasteiger partial charge on any atom is 0.0761 e. The van der Waals surface area contributed by atoms with Crippen LogP contribution in [0.4, 0.5) is 0 Å². The van der Waals surface area contributed by atoms with Crippen molar-refractivity contribution >= 4 is 11.8 Å².